The van der Waals surface area contributed by atoms with E-state index < -0.39 is 42.0 Å². The molecule has 6 atom stereocenters. The molecule has 0 bridgehead atoms. The van der Waals surface area contributed by atoms with E-state index in [1.54, 1.807) is 24.3 Å². The maximum atomic E-state index is 14.1. The number of ether oxygens (including phenoxy) is 1. The highest BCUT2D eigenvalue weighted by atomic mass is 32.1. The van der Waals surface area contributed by atoms with E-state index in [-0.39, 0.29) is 54.3 Å². The number of likely N-dealkylation sites (tertiary alicyclic amines) is 1. The summed E-state index contributed by atoms with van der Waals surface area (Å²) in [6.07, 6.45) is 7.39. The predicted octanol–water partition coefficient (Wildman–Crippen LogP) is 5.33. The second kappa shape index (κ2) is 18.6. The minimum atomic E-state index is -0.934. The van der Waals surface area contributed by atoms with E-state index in [2.05, 4.69) is 49.4 Å². The molecule has 2 aliphatic rings. The Balaban J connectivity index is 1.28. The number of hydrogen-bond donors (Lipinski definition) is 3. The molecule has 0 unspecified atom stereocenters. The minimum absolute atomic E-state index is 0.0330. The lowest BCUT2D eigenvalue weighted by molar-refractivity contribution is -0.149. The Morgan fingerprint density at radius 1 is 1.04 bits per heavy atom. The number of nitrogens with one attached hydrogen (secondary N) is 2. The fourth-order valence-corrected chi connectivity index (χ4v) is 8.59. The number of carboxylic acids is 1. The van der Waals surface area contributed by atoms with Crippen LogP contribution in [0.15, 0.2) is 35.8 Å². The van der Waals surface area contributed by atoms with Gasteiger partial charge in [0.1, 0.15) is 16.7 Å². The van der Waals surface area contributed by atoms with E-state index in [4.69, 9.17) is 4.74 Å². The fourth-order valence-electron chi connectivity index (χ4n) is 7.75. The number of aliphatic carboxylic acids is 1. The van der Waals surface area contributed by atoms with Crippen LogP contribution in [0.25, 0.3) is 10.9 Å². The molecule has 1 aromatic carbocycles. The normalized spacial score (nSPS) is 18.9. The van der Waals surface area contributed by atoms with Crippen molar-refractivity contribution in [3.63, 3.8) is 0 Å². The molecule has 1 saturated carbocycles. The molecule has 2 fully saturated rings. The number of fused-ring (bicyclic) bond motifs is 1. The summed E-state index contributed by atoms with van der Waals surface area (Å²) in [5.74, 6) is -2.79. The molecule has 14 heteroatoms. The number of carbonyl (C=O) groups is 5. The highest BCUT2D eigenvalue weighted by Gasteiger charge is 2.42. The van der Waals surface area contributed by atoms with Crippen LogP contribution in [0.2, 0.25) is 0 Å². The third-order valence-corrected chi connectivity index (χ3v) is 12.2. The van der Waals surface area contributed by atoms with Gasteiger partial charge in [-0.2, -0.15) is 0 Å². The van der Waals surface area contributed by atoms with Crippen molar-refractivity contribution in [3.05, 3.63) is 52.1 Å². The zero-order valence-electron chi connectivity index (χ0n) is 33.2. The molecule has 5 rings (SSSR count). The summed E-state index contributed by atoms with van der Waals surface area (Å²) < 4.78 is 7.84. The number of carbonyl (C=O) groups excluding carboxylic acids is 4. The number of rotatable bonds is 18. The summed E-state index contributed by atoms with van der Waals surface area (Å²) >= 11 is 1.20. The maximum Gasteiger partial charge on any atom is 0.306 e. The highest BCUT2D eigenvalue weighted by molar-refractivity contribution is 7.09. The molecule has 13 nitrogen and oxygen atoms in total. The Labute approximate surface area is 328 Å². The average molecular weight is 779 g/mol. The third-order valence-electron chi connectivity index (χ3n) is 11.3. The van der Waals surface area contributed by atoms with E-state index in [1.807, 2.05) is 34.1 Å². The number of piperidine rings is 1. The van der Waals surface area contributed by atoms with Crippen LogP contribution in [0.1, 0.15) is 106 Å². The SMILES string of the molecule is CC(=O)O[C@H](C[C@H](C(C)C)N(C)C(=O)[C@@H](NC(=O)[C@H]1CCCCN1C)C1CC1)c1nc(C(=O)N[C@@H](CCc2ccc3c(ccn3C)c2)C[C@H](C)C(=O)O)cs1. The van der Waals surface area contributed by atoms with Crippen LogP contribution in [0, 0.1) is 17.8 Å². The average Bonchev–Trinajstić information content (AvgIpc) is 3.74. The van der Waals surface area contributed by atoms with Gasteiger partial charge in [0, 0.05) is 56.6 Å². The molecule has 3 aromatic rings. The van der Waals surface area contributed by atoms with Gasteiger partial charge in [0.25, 0.3) is 5.91 Å². The van der Waals surface area contributed by atoms with E-state index in [9.17, 15) is 29.1 Å². The number of aryl methyl sites for hydroxylation is 2. The van der Waals surface area contributed by atoms with Crippen LogP contribution < -0.4 is 10.6 Å². The molecule has 1 aliphatic carbocycles. The molecule has 3 amide bonds. The van der Waals surface area contributed by atoms with Crippen molar-refractivity contribution in [2.45, 2.75) is 116 Å². The van der Waals surface area contributed by atoms with Crippen LogP contribution in [0.4, 0.5) is 0 Å². The molecule has 3 N–H and O–H groups in total. The molecule has 1 saturated heterocycles. The maximum absolute atomic E-state index is 14.1. The summed E-state index contributed by atoms with van der Waals surface area (Å²) in [6, 6.07) is 6.60. The molecule has 0 radical (unpaired) electrons. The zero-order chi connectivity index (χ0) is 40.0. The van der Waals surface area contributed by atoms with Gasteiger partial charge in [0.15, 0.2) is 6.10 Å². The summed E-state index contributed by atoms with van der Waals surface area (Å²) in [5.41, 5.74) is 2.35. The number of thiazole rings is 1. The quantitative estimate of drug-likeness (QED) is 0.145. The van der Waals surface area contributed by atoms with Crippen molar-refractivity contribution in [2.24, 2.45) is 24.8 Å². The first kappa shape index (κ1) is 41.9. The number of esters is 1. The number of nitrogens with zero attached hydrogens (tertiary/aromatic N) is 4. The van der Waals surface area contributed by atoms with E-state index in [1.165, 1.54) is 18.3 Å². The number of hydrogen-bond acceptors (Lipinski definition) is 9. The van der Waals surface area contributed by atoms with Gasteiger partial charge in [-0.15, -0.1) is 11.3 Å². The van der Waals surface area contributed by atoms with Crippen LogP contribution in [0.5, 0.6) is 0 Å². The van der Waals surface area contributed by atoms with E-state index in [0.29, 0.717) is 17.8 Å². The van der Waals surface area contributed by atoms with Crippen LogP contribution in [0.3, 0.4) is 0 Å². The van der Waals surface area contributed by atoms with Crippen molar-refractivity contribution in [1.82, 2.24) is 30.0 Å². The van der Waals surface area contributed by atoms with Gasteiger partial charge < -0.3 is 29.9 Å². The molecule has 3 heterocycles. The fraction of sp³-hybridized carbons (Fsp3) is 0.610. The lowest BCUT2D eigenvalue weighted by atomic mass is 9.95. The van der Waals surface area contributed by atoms with E-state index in [0.717, 1.165) is 55.1 Å². The van der Waals surface area contributed by atoms with Crippen LogP contribution in [-0.2, 0) is 37.4 Å². The Kier molecular flexibility index (Phi) is 14.1. The first-order chi connectivity index (χ1) is 26.1. The number of carboxylic acid groups (broad SMARTS) is 1. The molecule has 1 aliphatic heterocycles. The van der Waals surface area contributed by atoms with Gasteiger partial charge in [0.2, 0.25) is 11.8 Å². The molecule has 55 heavy (non-hydrogen) atoms. The molecular weight excluding hydrogens is 721 g/mol. The topological polar surface area (TPSA) is 163 Å². The summed E-state index contributed by atoms with van der Waals surface area (Å²) in [5, 5.41) is 18.9. The number of amides is 3. The minimum Gasteiger partial charge on any atom is -0.481 e. The highest BCUT2D eigenvalue weighted by Crippen LogP contribution is 2.36. The van der Waals surface area contributed by atoms with Crippen molar-refractivity contribution >= 4 is 51.9 Å². The standard InChI is InChI=1S/C41H58N6O7S/c1-24(2)34(47(7)40(51)36(28-13-14-28)44-38(50)33-10-8-9-18-45(33)5)22-35(54-26(4)48)39-43-31(23-55-39)37(49)42-30(20-25(3)41(52)53)15-11-27-12-16-32-29(21-27)17-19-46(32)6/h12,16-17,19,21,23-25,28,30,33-36H,8-11,13-15,18,20,22H2,1-7H3,(H,42,49)(H,44,50)(H,52,53)/t25-,30-,33+,34+,35+,36-/m0/s1. The van der Waals surface area contributed by atoms with Gasteiger partial charge in [-0.1, -0.05) is 33.3 Å². The van der Waals surface area contributed by atoms with Crippen LogP contribution >= 0.6 is 11.3 Å². The summed E-state index contributed by atoms with van der Waals surface area (Å²) in [4.78, 5) is 73.7. The molecule has 0 spiro atoms. The number of benzene rings is 1. The van der Waals surface area contributed by atoms with Gasteiger partial charge in [-0.25, -0.2) is 4.98 Å². The number of aromatic nitrogens is 2. The van der Waals surface area contributed by atoms with Crippen molar-refractivity contribution in [3.8, 4) is 0 Å². The first-order valence-corrected chi connectivity index (χ1v) is 20.5. The lowest BCUT2D eigenvalue weighted by Crippen LogP contribution is -2.56. The largest absolute Gasteiger partial charge is 0.481 e. The third kappa shape index (κ3) is 10.9. The van der Waals surface area contributed by atoms with Gasteiger partial charge in [0.05, 0.1) is 12.0 Å². The Morgan fingerprint density at radius 2 is 1.78 bits per heavy atom. The summed E-state index contributed by atoms with van der Waals surface area (Å²) in [7, 11) is 5.68. The zero-order valence-corrected chi connectivity index (χ0v) is 34.1. The Bertz CT molecular complexity index is 1840. The van der Waals surface area contributed by atoms with Gasteiger partial charge >= 0.3 is 11.9 Å². The van der Waals surface area contributed by atoms with Crippen molar-refractivity contribution < 1.29 is 33.8 Å². The molecule has 2 aromatic heterocycles. The van der Waals surface area contributed by atoms with E-state index >= 15 is 0 Å². The van der Waals surface area contributed by atoms with Crippen molar-refractivity contribution in [1.29, 1.82) is 0 Å². The predicted molar refractivity (Wildman–Crippen MR) is 211 cm³/mol. The smallest absolute Gasteiger partial charge is 0.306 e. The summed E-state index contributed by atoms with van der Waals surface area (Å²) in [6.45, 7) is 7.79. The lowest BCUT2D eigenvalue weighted by Gasteiger charge is -2.37. The second-order valence-electron chi connectivity index (χ2n) is 16.0. The Hall–Kier alpha value is -4.30. The van der Waals surface area contributed by atoms with Crippen molar-refractivity contribution in [2.75, 3.05) is 20.6 Å². The van der Waals surface area contributed by atoms with Crippen LogP contribution in [-0.4, -0.2) is 98.9 Å². The van der Waals surface area contributed by atoms with Gasteiger partial charge in [-0.05, 0) is 99.5 Å². The second-order valence-corrected chi connectivity index (χ2v) is 16.9. The molecule has 300 valence electrons. The first-order valence-electron chi connectivity index (χ1n) is 19.6. The monoisotopic (exact) mass is 778 g/mol. The number of likely N-dealkylation sites (N-methyl/N-ethyl adjacent to an activating group) is 2. The Morgan fingerprint density at radius 3 is 2.44 bits per heavy atom. The van der Waals surface area contributed by atoms with Gasteiger partial charge in [-0.3, -0.25) is 28.9 Å². The molecular formula is C41H58N6O7S.